The first-order chi connectivity index (χ1) is 12.1. The van der Waals surface area contributed by atoms with E-state index >= 15 is 0 Å². The van der Waals surface area contributed by atoms with E-state index in [-0.39, 0.29) is 17.0 Å². The van der Waals surface area contributed by atoms with Gasteiger partial charge < -0.3 is 14.3 Å². The number of thioether (sulfide) groups is 1. The Morgan fingerprint density at radius 3 is 2.84 bits per heavy atom. The Morgan fingerprint density at radius 2 is 2.12 bits per heavy atom. The van der Waals surface area contributed by atoms with Crippen molar-refractivity contribution in [1.82, 2.24) is 15.5 Å². The molecule has 2 heterocycles. The van der Waals surface area contributed by atoms with E-state index < -0.39 is 0 Å². The predicted octanol–water partition coefficient (Wildman–Crippen LogP) is 3.41. The van der Waals surface area contributed by atoms with Crippen molar-refractivity contribution >= 4 is 17.7 Å². The average Bonchev–Trinajstić information content (AvgIpc) is 3.30. The Labute approximate surface area is 147 Å². The predicted molar refractivity (Wildman–Crippen MR) is 91.0 cm³/mol. The molecule has 1 amide bonds. The van der Waals surface area contributed by atoms with Gasteiger partial charge in [0, 0.05) is 5.56 Å². The lowest BCUT2D eigenvalue weighted by Gasteiger charge is -2.09. The maximum absolute atomic E-state index is 12.9. The van der Waals surface area contributed by atoms with Crippen molar-refractivity contribution in [2.24, 2.45) is 0 Å². The van der Waals surface area contributed by atoms with Gasteiger partial charge in [-0.25, -0.2) is 4.39 Å². The van der Waals surface area contributed by atoms with Crippen LogP contribution in [0.1, 0.15) is 18.6 Å². The molecule has 0 spiro atoms. The number of rotatable bonds is 7. The number of benzene rings is 1. The molecule has 130 valence electrons. The molecule has 0 bridgehead atoms. The monoisotopic (exact) mass is 361 g/mol. The third-order valence-corrected chi connectivity index (χ3v) is 4.54. The van der Waals surface area contributed by atoms with Crippen LogP contribution in [0.15, 0.2) is 51.6 Å². The lowest BCUT2D eigenvalue weighted by Crippen LogP contribution is -2.30. The normalized spacial score (nSPS) is 12.1. The maximum atomic E-state index is 12.9. The fraction of sp³-hybridized carbons (Fsp3) is 0.235. The van der Waals surface area contributed by atoms with Gasteiger partial charge in [-0.05, 0) is 43.3 Å². The number of hydrogen-bond donors (Lipinski definition) is 1. The fourth-order valence-corrected chi connectivity index (χ4v) is 2.78. The minimum atomic E-state index is -0.322. The maximum Gasteiger partial charge on any atom is 0.236 e. The van der Waals surface area contributed by atoms with E-state index in [1.807, 2.05) is 0 Å². The molecule has 0 unspecified atom stereocenters. The van der Waals surface area contributed by atoms with Crippen molar-refractivity contribution in [3.05, 3.63) is 60.1 Å². The largest absolute Gasteiger partial charge is 0.467 e. The van der Waals surface area contributed by atoms with E-state index in [0.717, 1.165) is 0 Å². The van der Waals surface area contributed by atoms with Crippen molar-refractivity contribution < 1.29 is 18.1 Å². The van der Waals surface area contributed by atoms with Gasteiger partial charge in [0.2, 0.25) is 17.6 Å². The number of carbonyl (C=O) groups excluding carboxylic acids is 1. The van der Waals surface area contributed by atoms with Crippen molar-refractivity contribution in [1.29, 1.82) is 0 Å². The summed E-state index contributed by atoms with van der Waals surface area (Å²) < 4.78 is 23.3. The smallest absolute Gasteiger partial charge is 0.236 e. The molecule has 1 atom stereocenters. The van der Waals surface area contributed by atoms with Crippen molar-refractivity contribution in [3.8, 4) is 11.4 Å². The van der Waals surface area contributed by atoms with Crippen LogP contribution < -0.4 is 5.32 Å². The van der Waals surface area contributed by atoms with Gasteiger partial charge in [-0.1, -0.05) is 5.16 Å². The highest BCUT2D eigenvalue weighted by Crippen LogP contribution is 2.20. The molecule has 0 aliphatic rings. The Hall–Kier alpha value is -2.61. The van der Waals surface area contributed by atoms with Crippen LogP contribution in [0.2, 0.25) is 0 Å². The van der Waals surface area contributed by atoms with Gasteiger partial charge in [-0.3, -0.25) is 4.79 Å². The van der Waals surface area contributed by atoms with Crippen molar-refractivity contribution in [3.63, 3.8) is 0 Å². The van der Waals surface area contributed by atoms with Gasteiger partial charge in [0.15, 0.2) is 0 Å². The zero-order valence-corrected chi connectivity index (χ0v) is 14.3. The number of furan rings is 1. The molecule has 8 heteroatoms. The molecule has 0 saturated carbocycles. The third kappa shape index (κ3) is 4.69. The number of hydrogen-bond acceptors (Lipinski definition) is 6. The van der Waals surface area contributed by atoms with Crippen molar-refractivity contribution in [2.75, 3.05) is 0 Å². The lowest BCUT2D eigenvalue weighted by molar-refractivity contribution is -0.120. The van der Waals surface area contributed by atoms with Gasteiger partial charge in [0.25, 0.3) is 0 Å². The van der Waals surface area contributed by atoms with Crippen LogP contribution in [-0.4, -0.2) is 21.3 Å². The number of carbonyl (C=O) groups is 1. The van der Waals surface area contributed by atoms with Crippen LogP contribution in [0.5, 0.6) is 0 Å². The molecule has 0 saturated heterocycles. The van der Waals surface area contributed by atoms with Crippen LogP contribution in [-0.2, 0) is 17.1 Å². The summed E-state index contributed by atoms with van der Waals surface area (Å²) in [5.41, 5.74) is 0.672. The molecule has 25 heavy (non-hydrogen) atoms. The SMILES string of the molecule is C[C@@H](SCc1nc(-c2ccc(F)cc2)no1)C(=O)NCc1ccco1. The summed E-state index contributed by atoms with van der Waals surface area (Å²) in [5, 5.41) is 6.39. The molecular weight excluding hydrogens is 345 g/mol. The van der Waals surface area contributed by atoms with E-state index in [1.165, 1.54) is 23.9 Å². The van der Waals surface area contributed by atoms with Gasteiger partial charge in [0.1, 0.15) is 11.6 Å². The second-order valence-corrected chi connectivity index (χ2v) is 6.60. The summed E-state index contributed by atoms with van der Waals surface area (Å²) in [6, 6.07) is 9.42. The van der Waals surface area contributed by atoms with E-state index in [9.17, 15) is 9.18 Å². The van der Waals surface area contributed by atoms with Gasteiger partial charge in [-0.15, -0.1) is 11.8 Å². The molecule has 0 aliphatic heterocycles. The minimum Gasteiger partial charge on any atom is -0.467 e. The Morgan fingerprint density at radius 1 is 1.32 bits per heavy atom. The van der Waals surface area contributed by atoms with E-state index in [1.54, 1.807) is 37.5 Å². The second kappa shape index (κ2) is 7.98. The van der Waals surface area contributed by atoms with Crippen molar-refractivity contribution in [2.45, 2.75) is 24.5 Å². The first-order valence-electron chi connectivity index (χ1n) is 7.62. The lowest BCUT2D eigenvalue weighted by atomic mass is 10.2. The Kier molecular flexibility index (Phi) is 5.49. The molecule has 0 aliphatic carbocycles. The first kappa shape index (κ1) is 17.2. The van der Waals surface area contributed by atoms with Crippen LogP contribution in [0, 0.1) is 5.82 Å². The summed E-state index contributed by atoms with van der Waals surface area (Å²) in [5.74, 6) is 1.49. The molecular formula is C17H16FN3O3S. The molecule has 3 aromatic rings. The Balaban J connectivity index is 1.49. The zero-order chi connectivity index (χ0) is 17.6. The molecule has 0 fully saturated rings. The highest BCUT2D eigenvalue weighted by molar-refractivity contribution is 7.99. The standard InChI is InChI=1S/C17H16FN3O3S/c1-11(17(22)19-9-14-3-2-8-23-14)25-10-15-20-16(21-24-15)12-4-6-13(18)7-5-12/h2-8,11H,9-10H2,1H3,(H,19,22)/t11-/m1/s1. The van der Waals surface area contributed by atoms with Crippen LogP contribution in [0.25, 0.3) is 11.4 Å². The number of halogens is 1. The van der Waals surface area contributed by atoms with E-state index in [0.29, 0.717) is 35.3 Å². The molecule has 3 rings (SSSR count). The number of nitrogens with one attached hydrogen (secondary N) is 1. The number of nitrogens with zero attached hydrogens (tertiary/aromatic N) is 2. The fourth-order valence-electron chi connectivity index (χ4n) is 2.03. The van der Waals surface area contributed by atoms with Crippen LogP contribution in [0.3, 0.4) is 0 Å². The van der Waals surface area contributed by atoms with E-state index in [4.69, 9.17) is 8.94 Å². The first-order valence-corrected chi connectivity index (χ1v) is 8.67. The third-order valence-electron chi connectivity index (χ3n) is 3.41. The summed E-state index contributed by atoms with van der Waals surface area (Å²) in [6.07, 6.45) is 1.56. The highest BCUT2D eigenvalue weighted by atomic mass is 32.2. The topological polar surface area (TPSA) is 81.2 Å². The second-order valence-electron chi connectivity index (χ2n) is 5.27. The summed E-state index contributed by atoms with van der Waals surface area (Å²) in [7, 11) is 0. The quantitative estimate of drug-likeness (QED) is 0.695. The van der Waals surface area contributed by atoms with Crippen LogP contribution >= 0.6 is 11.8 Å². The number of aromatic nitrogens is 2. The summed E-state index contributed by atoms with van der Waals surface area (Å²) >= 11 is 1.39. The molecule has 1 N–H and O–H groups in total. The van der Waals surface area contributed by atoms with Gasteiger partial charge in [-0.2, -0.15) is 4.98 Å². The molecule has 6 nitrogen and oxygen atoms in total. The van der Waals surface area contributed by atoms with Gasteiger partial charge in [0.05, 0.1) is 23.8 Å². The average molecular weight is 361 g/mol. The summed E-state index contributed by atoms with van der Waals surface area (Å²) in [4.78, 5) is 16.3. The molecule has 0 radical (unpaired) electrons. The van der Waals surface area contributed by atoms with E-state index in [2.05, 4.69) is 15.5 Å². The molecule has 2 aromatic heterocycles. The minimum absolute atomic E-state index is 0.0975. The number of amides is 1. The van der Waals surface area contributed by atoms with Crippen LogP contribution in [0.4, 0.5) is 4.39 Å². The Bertz CT molecular complexity index is 818. The molecule has 1 aromatic carbocycles. The zero-order valence-electron chi connectivity index (χ0n) is 13.4. The summed E-state index contributed by atoms with van der Waals surface area (Å²) in [6.45, 7) is 2.16. The van der Waals surface area contributed by atoms with Gasteiger partial charge >= 0.3 is 0 Å². The highest BCUT2D eigenvalue weighted by Gasteiger charge is 2.16.